The van der Waals surface area contributed by atoms with Crippen molar-refractivity contribution in [1.82, 2.24) is 0 Å². The summed E-state index contributed by atoms with van der Waals surface area (Å²) in [5.41, 5.74) is -5.65. The Balaban J connectivity index is 0. The summed E-state index contributed by atoms with van der Waals surface area (Å²) in [6, 6.07) is 0. The lowest BCUT2D eigenvalue weighted by Gasteiger charge is -2.08. The maximum absolute atomic E-state index is 10.7. The van der Waals surface area contributed by atoms with Crippen LogP contribution in [0.15, 0.2) is 0 Å². The van der Waals surface area contributed by atoms with Crippen molar-refractivity contribution in [3.63, 3.8) is 0 Å². The van der Waals surface area contributed by atoms with Gasteiger partial charge in [0.2, 0.25) is 0 Å². The zero-order valence-electron chi connectivity index (χ0n) is 6.66. The molecule has 0 saturated heterocycles. The SMILES string of the molecule is C[S+](C)C=S.O=S(=O)([O-])C(F)(F)F. The lowest BCUT2D eigenvalue weighted by molar-refractivity contribution is -0.0517. The molecule has 0 aliphatic carbocycles. The van der Waals surface area contributed by atoms with Crippen molar-refractivity contribution in [2.75, 3.05) is 12.5 Å². The molecule has 0 aromatic heterocycles. The average molecular weight is 256 g/mol. The summed E-state index contributed by atoms with van der Waals surface area (Å²) in [7, 11) is -5.72. The molecule has 0 N–H and O–H groups in total. The summed E-state index contributed by atoms with van der Waals surface area (Å²) >= 11 is 4.56. The molecule has 0 bridgehead atoms. The maximum Gasteiger partial charge on any atom is 0.485 e. The van der Waals surface area contributed by atoms with Crippen LogP contribution >= 0.6 is 12.2 Å². The number of halogens is 3. The van der Waals surface area contributed by atoms with Gasteiger partial charge in [0.05, 0.1) is 0 Å². The largest absolute Gasteiger partial charge is 0.741 e. The highest BCUT2D eigenvalue weighted by Gasteiger charge is 2.36. The van der Waals surface area contributed by atoms with Crippen molar-refractivity contribution in [2.45, 2.75) is 5.51 Å². The Hall–Kier alpha value is 0.140. The van der Waals surface area contributed by atoms with E-state index < -0.39 is 15.6 Å². The fraction of sp³-hybridized carbons (Fsp3) is 0.750. The number of alkyl halides is 3. The second-order valence-corrected chi connectivity index (χ2v) is 5.78. The molecule has 0 heterocycles. The van der Waals surface area contributed by atoms with E-state index in [-0.39, 0.29) is 0 Å². The third-order valence-electron chi connectivity index (χ3n) is 0.476. The van der Waals surface area contributed by atoms with E-state index >= 15 is 0 Å². The van der Waals surface area contributed by atoms with Crippen molar-refractivity contribution >= 4 is 37.9 Å². The maximum atomic E-state index is 10.7. The highest BCUT2D eigenvalue weighted by Crippen LogP contribution is 2.20. The Bertz CT molecular complexity index is 243. The van der Waals surface area contributed by atoms with Crippen molar-refractivity contribution in [2.24, 2.45) is 0 Å². The summed E-state index contributed by atoms with van der Waals surface area (Å²) in [4.78, 5) is 0. The van der Waals surface area contributed by atoms with Gasteiger partial charge in [-0.2, -0.15) is 13.2 Å². The van der Waals surface area contributed by atoms with E-state index in [1.165, 1.54) is 0 Å². The molecule has 0 aromatic carbocycles. The molecule has 13 heavy (non-hydrogen) atoms. The molecule has 0 aromatic rings. The van der Waals surface area contributed by atoms with Crippen LogP contribution in [-0.2, 0) is 21.0 Å². The van der Waals surface area contributed by atoms with Crippen LogP contribution in [0.1, 0.15) is 0 Å². The van der Waals surface area contributed by atoms with Crippen LogP contribution in [0.2, 0.25) is 0 Å². The van der Waals surface area contributed by atoms with Gasteiger partial charge in [-0.05, 0) is 12.2 Å². The van der Waals surface area contributed by atoms with E-state index in [0.717, 1.165) is 0 Å². The van der Waals surface area contributed by atoms with Crippen LogP contribution in [-0.4, -0.2) is 35.7 Å². The van der Waals surface area contributed by atoms with Crippen LogP contribution in [0.25, 0.3) is 0 Å². The quantitative estimate of drug-likeness (QED) is 0.302. The summed E-state index contributed by atoms with van der Waals surface area (Å²) in [6.07, 6.45) is 4.18. The molecule has 80 valence electrons. The fourth-order valence-corrected chi connectivity index (χ4v) is 0. The fourth-order valence-electron chi connectivity index (χ4n) is 0. The van der Waals surface area contributed by atoms with Crippen LogP contribution in [0.5, 0.6) is 0 Å². The van der Waals surface area contributed by atoms with Crippen molar-refractivity contribution in [1.29, 1.82) is 0 Å². The van der Waals surface area contributed by atoms with Crippen molar-refractivity contribution in [3.05, 3.63) is 0 Å². The Kier molecular flexibility index (Phi) is 6.94. The van der Waals surface area contributed by atoms with E-state index in [9.17, 15) is 13.2 Å². The van der Waals surface area contributed by atoms with Gasteiger partial charge in [-0.3, -0.25) is 0 Å². The van der Waals surface area contributed by atoms with Crippen LogP contribution in [0, 0.1) is 0 Å². The monoisotopic (exact) mass is 256 g/mol. The van der Waals surface area contributed by atoms with E-state index in [1.807, 2.05) is 0 Å². The first-order chi connectivity index (χ1) is 5.52. The highest BCUT2D eigenvalue weighted by molar-refractivity contribution is 8.17. The first kappa shape index (κ1) is 15.6. The molecule has 0 saturated carbocycles. The molecule has 0 aliphatic rings. The van der Waals surface area contributed by atoms with Crippen LogP contribution in [0.3, 0.4) is 0 Å². The molecular formula is C4H7F3O3S3. The van der Waals surface area contributed by atoms with Crippen LogP contribution < -0.4 is 0 Å². The zero-order chi connectivity index (χ0) is 11.3. The lowest BCUT2D eigenvalue weighted by atomic mass is 11.6. The van der Waals surface area contributed by atoms with Gasteiger partial charge in [-0.15, -0.1) is 0 Å². The smallest absolute Gasteiger partial charge is 0.485 e. The zero-order valence-corrected chi connectivity index (χ0v) is 9.11. The van der Waals surface area contributed by atoms with Gasteiger partial charge in [0, 0.05) is 10.9 Å². The molecule has 0 atom stereocenters. The Morgan fingerprint density at radius 2 is 1.54 bits per heavy atom. The summed E-state index contributed by atoms with van der Waals surface area (Å²) < 4.78 is 60.7. The predicted octanol–water partition coefficient (Wildman–Crippen LogP) is 0.873. The summed E-state index contributed by atoms with van der Waals surface area (Å²) in [5, 5.41) is 0. The lowest BCUT2D eigenvalue weighted by Crippen LogP contribution is -2.21. The van der Waals surface area contributed by atoms with Crippen LogP contribution in [0.4, 0.5) is 13.2 Å². The minimum absolute atomic E-state index is 0.367. The minimum atomic E-state index is -6.09. The van der Waals surface area contributed by atoms with E-state index in [0.29, 0.717) is 10.9 Å². The summed E-state index contributed by atoms with van der Waals surface area (Å²) in [6.45, 7) is 0. The molecule has 0 amide bonds. The molecular weight excluding hydrogens is 249 g/mol. The third-order valence-corrected chi connectivity index (χ3v) is 2.58. The standard InChI is InChI=1S/C3H7S2.CHF3O3S/c1-5(2)3-4;2-1(3,4)8(5,6)7/h3H,1-2H3;(H,5,6,7)/q+1;/p-1. The topological polar surface area (TPSA) is 57.2 Å². The van der Waals surface area contributed by atoms with E-state index in [1.54, 1.807) is 4.70 Å². The molecule has 3 nitrogen and oxygen atoms in total. The number of rotatable bonds is 1. The van der Waals surface area contributed by atoms with Gasteiger partial charge >= 0.3 is 5.51 Å². The molecule has 0 fully saturated rings. The Morgan fingerprint density at radius 3 is 1.54 bits per heavy atom. The number of hydrogen-bond acceptors (Lipinski definition) is 4. The van der Waals surface area contributed by atoms with Gasteiger partial charge in [0.1, 0.15) is 12.5 Å². The minimum Gasteiger partial charge on any atom is -0.741 e. The molecule has 0 radical (unpaired) electrons. The Labute approximate surface area is 82.4 Å². The molecule has 0 spiro atoms. The predicted molar refractivity (Wildman–Crippen MR) is 48.6 cm³/mol. The molecule has 0 unspecified atom stereocenters. The first-order valence-corrected chi connectivity index (χ1v) is 6.54. The van der Waals surface area contributed by atoms with E-state index in [2.05, 4.69) is 24.7 Å². The average Bonchev–Trinajstić information content (AvgIpc) is 1.84. The number of thiocarbonyl (C=S) groups is 1. The molecule has 0 aliphatic heterocycles. The highest BCUT2D eigenvalue weighted by atomic mass is 32.2. The van der Waals surface area contributed by atoms with Gasteiger partial charge in [0.25, 0.3) is 0 Å². The second-order valence-electron chi connectivity index (χ2n) is 1.88. The summed E-state index contributed by atoms with van der Waals surface area (Å²) in [5.74, 6) is 0. The van der Waals surface area contributed by atoms with Crippen molar-refractivity contribution in [3.8, 4) is 0 Å². The number of hydrogen-bond donors (Lipinski definition) is 0. The second kappa shape index (κ2) is 5.78. The first-order valence-electron chi connectivity index (χ1n) is 2.56. The van der Waals surface area contributed by atoms with Gasteiger partial charge in [-0.1, -0.05) is 0 Å². The third kappa shape index (κ3) is 10.1. The van der Waals surface area contributed by atoms with Crippen molar-refractivity contribution < 1.29 is 26.1 Å². The normalized spacial score (nSPS) is 11.9. The van der Waals surface area contributed by atoms with E-state index in [4.69, 9.17) is 13.0 Å². The molecule has 0 rings (SSSR count). The van der Waals surface area contributed by atoms with Gasteiger partial charge in [-0.25, -0.2) is 8.42 Å². The Morgan fingerprint density at radius 1 is 1.38 bits per heavy atom. The molecule has 9 heteroatoms. The van der Waals surface area contributed by atoms with Gasteiger partial charge < -0.3 is 4.55 Å². The van der Waals surface area contributed by atoms with Gasteiger partial charge in [0.15, 0.2) is 14.8 Å².